The number of nitro benzene ring substituents is 1. The highest BCUT2D eigenvalue weighted by Crippen LogP contribution is 2.23. The van der Waals surface area contributed by atoms with Crippen LogP contribution >= 0.6 is 0 Å². The van der Waals surface area contributed by atoms with E-state index in [1.807, 2.05) is 4.90 Å². The molecule has 1 amide bonds. The first-order valence-electron chi connectivity index (χ1n) is 6.67. The van der Waals surface area contributed by atoms with E-state index in [4.69, 9.17) is 10.5 Å². The van der Waals surface area contributed by atoms with E-state index >= 15 is 0 Å². The van der Waals surface area contributed by atoms with Crippen LogP contribution in [0.3, 0.4) is 0 Å². The van der Waals surface area contributed by atoms with E-state index in [0.29, 0.717) is 26.2 Å². The van der Waals surface area contributed by atoms with Crippen LogP contribution in [-0.4, -0.2) is 54.6 Å². The molecule has 1 unspecified atom stereocenters. The summed E-state index contributed by atoms with van der Waals surface area (Å²) in [5.41, 5.74) is 5.63. The number of nitro groups is 1. The molecular weight excluding hydrogens is 276 g/mol. The van der Waals surface area contributed by atoms with Crippen molar-refractivity contribution in [1.29, 1.82) is 0 Å². The third kappa shape index (κ3) is 4.22. The first-order valence-corrected chi connectivity index (χ1v) is 6.67. The minimum Gasteiger partial charge on any atom is -0.374 e. The molecule has 0 saturated carbocycles. The minimum atomic E-state index is -0.519. The van der Waals surface area contributed by atoms with Gasteiger partial charge in [0.15, 0.2) is 0 Å². The summed E-state index contributed by atoms with van der Waals surface area (Å²) in [5, 5.41) is 13.5. The van der Waals surface area contributed by atoms with Crippen molar-refractivity contribution in [2.24, 2.45) is 5.73 Å². The second-order valence-corrected chi connectivity index (χ2v) is 4.79. The minimum absolute atomic E-state index is 0.0717. The molecule has 1 atom stereocenters. The van der Waals surface area contributed by atoms with Gasteiger partial charge in [-0.25, -0.2) is 0 Å². The van der Waals surface area contributed by atoms with Crippen LogP contribution in [-0.2, 0) is 9.53 Å². The number of carbonyl (C=O) groups is 1. The van der Waals surface area contributed by atoms with Crippen molar-refractivity contribution in [3.63, 3.8) is 0 Å². The second kappa shape index (κ2) is 7.11. The maximum Gasteiger partial charge on any atom is 0.292 e. The van der Waals surface area contributed by atoms with Crippen molar-refractivity contribution in [3.05, 3.63) is 34.4 Å². The predicted octanol–water partition coefficient (Wildman–Crippen LogP) is 0.193. The van der Waals surface area contributed by atoms with Crippen LogP contribution in [0.5, 0.6) is 0 Å². The molecule has 8 heteroatoms. The maximum atomic E-state index is 12.0. The predicted molar refractivity (Wildman–Crippen MR) is 77.0 cm³/mol. The molecule has 1 heterocycles. The maximum absolute atomic E-state index is 12.0. The van der Waals surface area contributed by atoms with Crippen LogP contribution < -0.4 is 11.1 Å². The number of ether oxygens (including phenoxy) is 1. The lowest BCUT2D eigenvalue weighted by Gasteiger charge is -2.31. The monoisotopic (exact) mass is 294 g/mol. The Balaban J connectivity index is 1.94. The number of benzene rings is 1. The van der Waals surface area contributed by atoms with Crippen LogP contribution in [0.4, 0.5) is 11.4 Å². The number of hydrogen-bond donors (Lipinski definition) is 2. The van der Waals surface area contributed by atoms with Gasteiger partial charge in [-0.3, -0.25) is 19.8 Å². The summed E-state index contributed by atoms with van der Waals surface area (Å²) >= 11 is 0. The Kier molecular flexibility index (Phi) is 5.20. The van der Waals surface area contributed by atoms with Crippen LogP contribution in [0.15, 0.2) is 24.3 Å². The van der Waals surface area contributed by atoms with Crippen molar-refractivity contribution in [2.45, 2.75) is 6.10 Å². The van der Waals surface area contributed by atoms with Gasteiger partial charge >= 0.3 is 0 Å². The summed E-state index contributed by atoms with van der Waals surface area (Å²) in [5.74, 6) is -0.290. The lowest BCUT2D eigenvalue weighted by Crippen LogP contribution is -2.48. The fraction of sp³-hybridized carbons (Fsp3) is 0.462. The molecule has 0 bridgehead atoms. The number of carbonyl (C=O) groups excluding carboxylic acids is 1. The van der Waals surface area contributed by atoms with Gasteiger partial charge in [0, 0.05) is 25.7 Å². The molecular formula is C13H18N4O4. The lowest BCUT2D eigenvalue weighted by molar-refractivity contribution is -0.383. The van der Waals surface area contributed by atoms with Crippen molar-refractivity contribution in [2.75, 3.05) is 38.1 Å². The van der Waals surface area contributed by atoms with Crippen molar-refractivity contribution < 1.29 is 14.5 Å². The normalized spacial score (nSPS) is 19.2. The van der Waals surface area contributed by atoms with E-state index < -0.39 is 4.92 Å². The summed E-state index contributed by atoms with van der Waals surface area (Å²) in [6.07, 6.45) is -0.0717. The number of amides is 1. The molecule has 1 aliphatic rings. The number of nitrogens with one attached hydrogen (secondary N) is 1. The van der Waals surface area contributed by atoms with Gasteiger partial charge in [-0.15, -0.1) is 0 Å². The molecule has 0 aliphatic carbocycles. The number of nitrogens with zero attached hydrogens (tertiary/aromatic N) is 2. The fourth-order valence-electron chi connectivity index (χ4n) is 2.20. The molecule has 1 aliphatic heterocycles. The van der Waals surface area contributed by atoms with E-state index in [2.05, 4.69) is 5.32 Å². The molecule has 3 N–H and O–H groups in total. The van der Waals surface area contributed by atoms with Gasteiger partial charge in [0.05, 0.1) is 24.2 Å². The van der Waals surface area contributed by atoms with Crippen molar-refractivity contribution in [1.82, 2.24) is 4.90 Å². The zero-order valence-electron chi connectivity index (χ0n) is 11.5. The molecule has 1 aromatic carbocycles. The molecule has 1 aromatic rings. The third-order valence-corrected chi connectivity index (χ3v) is 3.23. The average Bonchev–Trinajstić information content (AvgIpc) is 2.47. The highest BCUT2D eigenvalue weighted by Gasteiger charge is 2.22. The fourth-order valence-corrected chi connectivity index (χ4v) is 2.20. The Hall–Kier alpha value is -2.03. The van der Waals surface area contributed by atoms with Crippen LogP contribution in [0.2, 0.25) is 0 Å². The number of hydrogen-bond acceptors (Lipinski definition) is 6. The molecule has 0 radical (unpaired) electrons. The number of para-hydroxylation sites is 2. The Morgan fingerprint density at radius 1 is 1.52 bits per heavy atom. The zero-order chi connectivity index (χ0) is 15.2. The molecule has 1 fully saturated rings. The molecule has 21 heavy (non-hydrogen) atoms. The standard InChI is InChI=1S/C13H18N4O4/c14-7-10-8-16(5-6-21-10)9-13(18)15-11-3-1-2-4-12(11)17(19)20/h1-4,10H,5-9,14H2,(H,15,18). The highest BCUT2D eigenvalue weighted by molar-refractivity contribution is 5.94. The summed E-state index contributed by atoms with van der Waals surface area (Å²) < 4.78 is 5.42. The zero-order valence-corrected chi connectivity index (χ0v) is 11.5. The Bertz CT molecular complexity index is 523. The van der Waals surface area contributed by atoms with E-state index in [1.165, 1.54) is 12.1 Å². The van der Waals surface area contributed by atoms with Gasteiger partial charge in [0.1, 0.15) is 5.69 Å². The number of rotatable bonds is 5. The first kappa shape index (κ1) is 15.4. The number of nitrogens with two attached hydrogens (primary N) is 1. The molecule has 0 aromatic heterocycles. The van der Waals surface area contributed by atoms with Crippen molar-refractivity contribution >= 4 is 17.3 Å². The van der Waals surface area contributed by atoms with Gasteiger partial charge in [0.2, 0.25) is 5.91 Å². The van der Waals surface area contributed by atoms with Crippen LogP contribution in [0, 0.1) is 10.1 Å². The van der Waals surface area contributed by atoms with E-state index in [1.54, 1.807) is 12.1 Å². The lowest BCUT2D eigenvalue weighted by atomic mass is 10.2. The number of morpholine rings is 1. The average molecular weight is 294 g/mol. The Morgan fingerprint density at radius 2 is 2.29 bits per heavy atom. The third-order valence-electron chi connectivity index (χ3n) is 3.23. The van der Waals surface area contributed by atoms with E-state index in [9.17, 15) is 14.9 Å². The Labute approximate surface area is 122 Å². The number of anilines is 1. The van der Waals surface area contributed by atoms with Gasteiger partial charge in [-0.05, 0) is 6.07 Å². The van der Waals surface area contributed by atoms with Gasteiger partial charge in [-0.1, -0.05) is 12.1 Å². The smallest absolute Gasteiger partial charge is 0.292 e. The molecule has 8 nitrogen and oxygen atoms in total. The van der Waals surface area contributed by atoms with Gasteiger partial charge in [0.25, 0.3) is 5.69 Å². The largest absolute Gasteiger partial charge is 0.374 e. The van der Waals surface area contributed by atoms with Gasteiger partial charge in [-0.2, -0.15) is 0 Å². The Morgan fingerprint density at radius 3 is 3.00 bits per heavy atom. The first-order chi connectivity index (χ1) is 10.1. The van der Waals surface area contributed by atoms with Crippen LogP contribution in [0.25, 0.3) is 0 Å². The molecule has 0 spiro atoms. The van der Waals surface area contributed by atoms with Gasteiger partial charge < -0.3 is 15.8 Å². The SMILES string of the molecule is NCC1CN(CC(=O)Nc2ccccc2[N+](=O)[O-])CCO1. The molecule has 114 valence electrons. The molecule has 1 saturated heterocycles. The summed E-state index contributed by atoms with van der Waals surface area (Å²) in [6.45, 7) is 2.32. The topological polar surface area (TPSA) is 111 Å². The highest BCUT2D eigenvalue weighted by atomic mass is 16.6. The summed E-state index contributed by atoms with van der Waals surface area (Å²) in [6, 6.07) is 6.07. The quantitative estimate of drug-likeness (QED) is 0.592. The second-order valence-electron chi connectivity index (χ2n) is 4.79. The van der Waals surface area contributed by atoms with Crippen molar-refractivity contribution in [3.8, 4) is 0 Å². The van der Waals surface area contributed by atoms with E-state index in [0.717, 1.165) is 0 Å². The molecule has 2 rings (SSSR count). The summed E-state index contributed by atoms with van der Waals surface area (Å²) in [7, 11) is 0. The van der Waals surface area contributed by atoms with E-state index in [-0.39, 0.29) is 29.9 Å². The van der Waals surface area contributed by atoms with Crippen LogP contribution in [0.1, 0.15) is 0 Å². The summed E-state index contributed by atoms with van der Waals surface area (Å²) in [4.78, 5) is 24.3.